The molecule has 0 aromatic heterocycles. The van der Waals surface area contributed by atoms with E-state index in [1.54, 1.807) is 34.6 Å². The fourth-order valence-electron chi connectivity index (χ4n) is 11.1. The lowest BCUT2D eigenvalue weighted by Crippen LogP contribution is -2.62. The van der Waals surface area contributed by atoms with Gasteiger partial charge in [-0.15, -0.1) is 0 Å². The molecule has 12 atom stereocenters. The lowest BCUT2D eigenvalue weighted by Gasteiger charge is -2.42. The number of hydrogen-bond acceptors (Lipinski definition) is 12. The van der Waals surface area contributed by atoms with Gasteiger partial charge in [-0.3, -0.25) is 47.9 Å². The van der Waals surface area contributed by atoms with E-state index in [2.05, 4.69) is 22.5 Å². The van der Waals surface area contributed by atoms with Crippen LogP contribution in [0.1, 0.15) is 163 Å². The minimum Gasteiger partial charge on any atom is -0.390 e. The van der Waals surface area contributed by atoms with Gasteiger partial charge in [-0.05, 0) is 101 Å². The van der Waals surface area contributed by atoms with E-state index in [9.17, 15) is 43.5 Å². The van der Waals surface area contributed by atoms with E-state index in [1.807, 2.05) is 81.4 Å². The average Bonchev–Trinajstić information content (AvgIpc) is 3.54. The molecular formula is C64H114N10O11. The Morgan fingerprint density at radius 3 is 1.41 bits per heavy atom. The van der Waals surface area contributed by atoms with Crippen molar-refractivity contribution in [1.82, 2.24) is 50.2 Å². The number of Topliss-reactive ketones (excluding diaryl/α,β-unsaturated/α-hetero) is 1. The Hall–Kier alpha value is -5.86. The Balaban J connectivity index is 4.32. The summed E-state index contributed by atoms with van der Waals surface area (Å²) in [6.45, 7) is 34.6. The van der Waals surface area contributed by atoms with Crippen molar-refractivity contribution in [3.8, 4) is 0 Å². The van der Waals surface area contributed by atoms with Crippen LogP contribution in [0.2, 0.25) is 0 Å². The zero-order chi connectivity index (χ0) is 66.0. The second kappa shape index (κ2) is 35.1. The van der Waals surface area contributed by atoms with Gasteiger partial charge in [0.05, 0.1) is 24.7 Å². The third kappa shape index (κ3) is 21.8. The second-order valence-electron chi connectivity index (χ2n) is 26.5. The highest BCUT2D eigenvalue weighted by Gasteiger charge is 2.45. The van der Waals surface area contributed by atoms with Crippen LogP contribution in [-0.4, -0.2) is 215 Å². The molecule has 486 valence electrons. The van der Waals surface area contributed by atoms with E-state index >= 15 is 9.59 Å². The standard InChI is InChI=1S/C64H114N10O11/c1-26-28-29-42(15)56(77)55-43(16)65-47(27-2)61(82)68(19)35-53(76)69(20)48(30-36(3)4)52(75)34-46(40(11)12)60(81)70(21)49(31-37(5)6)58(79)66-44(17)57(78)67-45(18)59(80)71(22)50(32-38(7)8)62(83)72(23)51(33-39(9)10)63(84)73(24)54(41(13)14)64(85)74(55)25/h26,28,36-42,44-51,54-56,65,77H,16,27,29-35H2,1-15,17-25H3,(H,66,79)(H,67,78)/b28-26+/t42-,44+,45-,46+,47+,48+,49+,50+,51+,54?,55-,56-/m1/s1. The molecule has 1 unspecified atom stereocenters. The van der Waals surface area contributed by atoms with Crippen molar-refractivity contribution in [2.24, 2.45) is 47.3 Å². The predicted molar refractivity (Wildman–Crippen MR) is 334 cm³/mol. The monoisotopic (exact) mass is 1200 g/mol. The first-order valence-corrected chi connectivity index (χ1v) is 30.9. The molecule has 21 heteroatoms. The summed E-state index contributed by atoms with van der Waals surface area (Å²) in [4.78, 5) is 155. The molecule has 0 radical (unpaired) electrons. The maximum Gasteiger partial charge on any atom is 0.246 e. The molecule has 0 spiro atoms. The molecule has 1 aliphatic rings. The molecule has 85 heavy (non-hydrogen) atoms. The Morgan fingerprint density at radius 1 is 0.518 bits per heavy atom. The van der Waals surface area contributed by atoms with Crippen LogP contribution in [-0.2, 0) is 47.9 Å². The minimum absolute atomic E-state index is 0.0686. The highest BCUT2D eigenvalue weighted by atomic mass is 16.3. The van der Waals surface area contributed by atoms with Crippen molar-refractivity contribution in [3.63, 3.8) is 0 Å². The molecule has 1 rings (SSSR count). The van der Waals surface area contributed by atoms with Crippen LogP contribution >= 0.6 is 0 Å². The molecule has 4 N–H and O–H groups in total. The van der Waals surface area contributed by atoms with Gasteiger partial charge in [0.15, 0.2) is 5.78 Å². The van der Waals surface area contributed by atoms with Crippen molar-refractivity contribution >= 4 is 58.9 Å². The number of nitrogens with one attached hydrogen (secondary N) is 3. The minimum atomic E-state index is -1.25. The SMILES string of the molecule is C=C1N[C@@H](CC)C(=O)N(C)CC(=O)N(C)[C@@H](CC(C)C)C(=O)C[C@@H](C(C)C)C(=O)N(C)[C@@H](CC(C)C)C(=O)N[C@@H](C)C(=O)N[C@H](C)C(=O)N(C)[C@@H](CC(C)C)C(=O)N(C)[C@@H](CC(C)C)C(=O)N(C)C(C(C)C)C(=O)N(C)[C@H]1[C@H](O)[C@H](C)C/C=C/C. The molecule has 1 saturated heterocycles. The van der Waals surface area contributed by atoms with Crippen LogP contribution in [0.5, 0.6) is 0 Å². The molecule has 21 nitrogen and oxygen atoms in total. The number of carbonyl (C=O) groups is 10. The van der Waals surface area contributed by atoms with Crippen LogP contribution in [0.4, 0.5) is 0 Å². The summed E-state index contributed by atoms with van der Waals surface area (Å²) in [6, 6.07) is -9.96. The number of allylic oxidation sites excluding steroid dienone is 2. The largest absolute Gasteiger partial charge is 0.390 e. The zero-order valence-corrected chi connectivity index (χ0v) is 56.6. The molecular weight excluding hydrogens is 1080 g/mol. The smallest absolute Gasteiger partial charge is 0.246 e. The number of rotatable bonds is 15. The summed E-state index contributed by atoms with van der Waals surface area (Å²) in [5, 5.41) is 20.9. The highest BCUT2D eigenvalue weighted by molar-refractivity contribution is 5.98. The van der Waals surface area contributed by atoms with Gasteiger partial charge < -0.3 is 55.4 Å². The number of ketones is 1. The van der Waals surface area contributed by atoms with E-state index in [0.717, 1.165) is 0 Å². The van der Waals surface area contributed by atoms with Gasteiger partial charge in [-0.2, -0.15) is 0 Å². The average molecular weight is 1200 g/mol. The molecule has 0 aromatic carbocycles. The van der Waals surface area contributed by atoms with Crippen molar-refractivity contribution in [3.05, 3.63) is 24.4 Å². The van der Waals surface area contributed by atoms with Gasteiger partial charge in [-0.25, -0.2) is 0 Å². The molecule has 1 aliphatic heterocycles. The summed E-state index contributed by atoms with van der Waals surface area (Å²) >= 11 is 0. The van der Waals surface area contributed by atoms with Crippen molar-refractivity contribution in [2.75, 3.05) is 55.9 Å². The van der Waals surface area contributed by atoms with Crippen molar-refractivity contribution < 1.29 is 53.1 Å². The Kier molecular flexibility index (Phi) is 31.8. The molecule has 0 bridgehead atoms. The van der Waals surface area contributed by atoms with Crippen molar-refractivity contribution in [2.45, 2.75) is 223 Å². The summed E-state index contributed by atoms with van der Waals surface area (Å²) < 4.78 is 0. The lowest BCUT2D eigenvalue weighted by atomic mass is 9.85. The third-order valence-electron chi connectivity index (χ3n) is 16.6. The number of carbonyl (C=O) groups excluding carboxylic acids is 10. The maximum atomic E-state index is 15.2. The second-order valence-corrected chi connectivity index (χ2v) is 26.5. The molecule has 0 aromatic rings. The first-order valence-electron chi connectivity index (χ1n) is 30.9. The molecule has 1 fully saturated rings. The van der Waals surface area contributed by atoms with Gasteiger partial charge in [0, 0.05) is 67.4 Å². The van der Waals surface area contributed by atoms with Crippen molar-refractivity contribution in [1.29, 1.82) is 0 Å². The number of aliphatic hydroxyl groups is 1. The van der Waals surface area contributed by atoms with Gasteiger partial charge in [-0.1, -0.05) is 116 Å². The highest BCUT2D eigenvalue weighted by Crippen LogP contribution is 2.28. The number of likely N-dealkylation sites (N-methyl/N-ethyl adjacent to an activating group) is 7. The van der Waals surface area contributed by atoms with E-state index in [1.165, 1.54) is 97.5 Å². The summed E-state index contributed by atoms with van der Waals surface area (Å²) in [6.07, 6.45) is 3.68. The number of aliphatic hydroxyl groups excluding tert-OH is 1. The number of amides is 9. The third-order valence-corrected chi connectivity index (χ3v) is 16.6. The van der Waals surface area contributed by atoms with Gasteiger partial charge >= 0.3 is 0 Å². The zero-order valence-electron chi connectivity index (χ0n) is 56.6. The van der Waals surface area contributed by atoms with Gasteiger partial charge in [0.1, 0.15) is 42.3 Å². The quantitative estimate of drug-likeness (QED) is 0.152. The maximum absolute atomic E-state index is 15.2. The Morgan fingerprint density at radius 2 is 0.953 bits per heavy atom. The molecule has 0 aliphatic carbocycles. The first-order chi connectivity index (χ1) is 39.2. The molecule has 1 heterocycles. The van der Waals surface area contributed by atoms with E-state index in [4.69, 9.17) is 0 Å². The Labute approximate surface area is 511 Å². The summed E-state index contributed by atoms with van der Waals surface area (Å²) in [5.74, 6) is -8.14. The summed E-state index contributed by atoms with van der Waals surface area (Å²) in [5.41, 5.74) is 0.130. The lowest BCUT2D eigenvalue weighted by molar-refractivity contribution is -0.155. The fraction of sp³-hybridized carbons (Fsp3) is 0.781. The molecule has 0 saturated carbocycles. The van der Waals surface area contributed by atoms with Crippen LogP contribution in [0.25, 0.3) is 0 Å². The van der Waals surface area contributed by atoms with Gasteiger partial charge in [0.25, 0.3) is 0 Å². The van der Waals surface area contributed by atoms with E-state index < -0.39 is 138 Å². The van der Waals surface area contributed by atoms with Gasteiger partial charge in [0.2, 0.25) is 53.2 Å². The first kappa shape index (κ1) is 77.2. The summed E-state index contributed by atoms with van der Waals surface area (Å²) in [7, 11) is 10.4. The predicted octanol–water partition coefficient (Wildman–Crippen LogP) is 5.35. The van der Waals surface area contributed by atoms with E-state index in [-0.39, 0.29) is 79.6 Å². The normalized spacial score (nSPS) is 27.0. The van der Waals surface area contributed by atoms with Crippen LogP contribution in [0.15, 0.2) is 24.4 Å². The number of hydrogen-bond donors (Lipinski definition) is 4. The molecule has 9 amide bonds. The Bertz CT molecular complexity index is 2320. The topological polar surface area (TPSA) is 250 Å². The number of nitrogens with zero attached hydrogens (tertiary/aromatic N) is 7. The van der Waals surface area contributed by atoms with Crippen LogP contribution < -0.4 is 16.0 Å². The van der Waals surface area contributed by atoms with Crippen LogP contribution in [0, 0.1) is 47.3 Å². The fourth-order valence-corrected chi connectivity index (χ4v) is 11.1. The van der Waals surface area contributed by atoms with E-state index in [0.29, 0.717) is 6.42 Å². The van der Waals surface area contributed by atoms with Crippen LogP contribution in [0.3, 0.4) is 0 Å².